The Morgan fingerprint density at radius 1 is 1.53 bits per heavy atom. The van der Waals surface area contributed by atoms with Gasteiger partial charge in [0.05, 0.1) is 5.54 Å². The van der Waals surface area contributed by atoms with E-state index in [4.69, 9.17) is 0 Å². The van der Waals surface area contributed by atoms with Crippen LogP contribution in [0, 0.1) is 5.92 Å². The maximum absolute atomic E-state index is 12.1. The summed E-state index contributed by atoms with van der Waals surface area (Å²) < 4.78 is 0. The Bertz CT molecular complexity index is 246. The topological polar surface area (TPSA) is 41.1 Å². The summed E-state index contributed by atoms with van der Waals surface area (Å²) in [6, 6.07) is 0.466. The normalized spacial score (nSPS) is 39.1. The maximum atomic E-state index is 12.1. The summed E-state index contributed by atoms with van der Waals surface area (Å²) in [5.74, 6) is 0.979. The predicted octanol–water partition coefficient (Wildman–Crippen LogP) is 1.43. The summed E-state index contributed by atoms with van der Waals surface area (Å²) >= 11 is 0. The van der Waals surface area contributed by atoms with Crippen LogP contribution in [0.25, 0.3) is 0 Å². The van der Waals surface area contributed by atoms with E-state index in [9.17, 15) is 4.79 Å². The van der Waals surface area contributed by atoms with Crippen LogP contribution in [0.5, 0.6) is 0 Å². The molecule has 0 aromatic carbocycles. The maximum Gasteiger partial charge on any atom is 0.240 e. The van der Waals surface area contributed by atoms with Crippen molar-refractivity contribution in [2.24, 2.45) is 5.92 Å². The molecule has 2 fully saturated rings. The van der Waals surface area contributed by atoms with Gasteiger partial charge in [-0.05, 0) is 38.1 Å². The molecule has 86 valence electrons. The number of hydrogen-bond acceptors (Lipinski definition) is 2. The lowest BCUT2D eigenvalue weighted by Gasteiger charge is -2.26. The molecule has 2 N–H and O–H groups in total. The van der Waals surface area contributed by atoms with E-state index in [1.807, 2.05) is 0 Å². The van der Waals surface area contributed by atoms with Gasteiger partial charge in [-0.3, -0.25) is 4.79 Å². The Hall–Kier alpha value is -0.570. The molecule has 2 rings (SSSR count). The summed E-state index contributed by atoms with van der Waals surface area (Å²) in [5.41, 5.74) is -0.249. The number of hydrogen-bond donors (Lipinski definition) is 2. The number of rotatable bonds is 4. The summed E-state index contributed by atoms with van der Waals surface area (Å²) in [4.78, 5) is 12.1. The van der Waals surface area contributed by atoms with Crippen molar-refractivity contribution in [2.75, 3.05) is 6.54 Å². The van der Waals surface area contributed by atoms with Gasteiger partial charge < -0.3 is 10.6 Å². The number of nitrogens with one attached hydrogen (secondary N) is 2. The van der Waals surface area contributed by atoms with Gasteiger partial charge in [0.1, 0.15) is 0 Å². The smallest absolute Gasteiger partial charge is 0.240 e. The lowest BCUT2D eigenvalue weighted by molar-refractivity contribution is -0.127. The van der Waals surface area contributed by atoms with Crippen LogP contribution >= 0.6 is 0 Å². The van der Waals surface area contributed by atoms with Gasteiger partial charge in [-0.2, -0.15) is 0 Å². The molecule has 3 heteroatoms. The van der Waals surface area contributed by atoms with Crippen LogP contribution in [0.15, 0.2) is 0 Å². The minimum Gasteiger partial charge on any atom is -0.351 e. The molecule has 1 heterocycles. The fourth-order valence-corrected chi connectivity index (χ4v) is 2.64. The Labute approximate surface area is 92.0 Å². The van der Waals surface area contributed by atoms with Gasteiger partial charge in [0.15, 0.2) is 0 Å². The average molecular weight is 210 g/mol. The highest BCUT2D eigenvalue weighted by molar-refractivity contribution is 5.87. The molecular formula is C12H22N2O. The van der Waals surface area contributed by atoms with Gasteiger partial charge in [-0.1, -0.05) is 20.3 Å². The molecule has 0 spiro atoms. The van der Waals surface area contributed by atoms with Gasteiger partial charge in [0, 0.05) is 6.04 Å². The average Bonchev–Trinajstić information content (AvgIpc) is 2.81. The molecule has 1 amide bonds. The minimum absolute atomic E-state index is 0.239. The van der Waals surface area contributed by atoms with E-state index in [2.05, 4.69) is 24.5 Å². The van der Waals surface area contributed by atoms with Crippen molar-refractivity contribution in [3.63, 3.8) is 0 Å². The summed E-state index contributed by atoms with van der Waals surface area (Å²) in [6.07, 6.45) is 5.41. The zero-order valence-corrected chi connectivity index (χ0v) is 9.81. The van der Waals surface area contributed by atoms with E-state index >= 15 is 0 Å². The Morgan fingerprint density at radius 3 is 2.80 bits per heavy atom. The second-order valence-corrected chi connectivity index (χ2v) is 4.95. The molecule has 1 saturated carbocycles. The van der Waals surface area contributed by atoms with Crippen LogP contribution in [-0.4, -0.2) is 24.0 Å². The zero-order chi connectivity index (χ0) is 10.9. The quantitative estimate of drug-likeness (QED) is 0.737. The van der Waals surface area contributed by atoms with Crippen molar-refractivity contribution < 1.29 is 4.79 Å². The fraction of sp³-hybridized carbons (Fsp3) is 0.917. The van der Waals surface area contributed by atoms with E-state index in [1.54, 1.807) is 0 Å². The first kappa shape index (κ1) is 10.9. The van der Waals surface area contributed by atoms with Crippen molar-refractivity contribution in [1.82, 2.24) is 10.6 Å². The molecule has 0 aromatic heterocycles. The molecule has 2 aliphatic rings. The highest BCUT2D eigenvalue weighted by atomic mass is 16.2. The van der Waals surface area contributed by atoms with Crippen molar-refractivity contribution in [2.45, 2.75) is 57.5 Å². The molecule has 0 aromatic rings. The van der Waals surface area contributed by atoms with Gasteiger partial charge in [-0.15, -0.1) is 0 Å². The Kier molecular flexibility index (Phi) is 3.01. The second kappa shape index (κ2) is 4.12. The Balaban J connectivity index is 1.89. The second-order valence-electron chi connectivity index (χ2n) is 4.95. The van der Waals surface area contributed by atoms with Crippen LogP contribution in [0.3, 0.4) is 0 Å². The van der Waals surface area contributed by atoms with E-state index in [1.165, 1.54) is 12.8 Å². The van der Waals surface area contributed by atoms with Crippen molar-refractivity contribution in [3.8, 4) is 0 Å². The number of amides is 1. The van der Waals surface area contributed by atoms with Crippen LogP contribution in [-0.2, 0) is 4.79 Å². The molecule has 1 aliphatic heterocycles. The lowest BCUT2D eigenvalue weighted by Crippen LogP contribution is -2.53. The number of carbonyl (C=O) groups is 1. The summed E-state index contributed by atoms with van der Waals surface area (Å²) in [6.45, 7) is 5.28. The molecule has 3 unspecified atom stereocenters. The standard InChI is InChI=1S/C12H22N2O/c1-3-9-8-10(9)14-11(15)12(4-2)6-5-7-13-12/h9-10,13H,3-8H2,1-2H3,(H,14,15). The summed E-state index contributed by atoms with van der Waals surface area (Å²) in [5, 5.41) is 6.56. The molecule has 3 nitrogen and oxygen atoms in total. The molecule has 0 radical (unpaired) electrons. The largest absolute Gasteiger partial charge is 0.351 e. The van der Waals surface area contributed by atoms with Gasteiger partial charge in [0.2, 0.25) is 5.91 Å². The van der Waals surface area contributed by atoms with E-state index < -0.39 is 0 Å². The lowest BCUT2D eigenvalue weighted by atomic mass is 9.93. The fourth-order valence-electron chi connectivity index (χ4n) is 2.64. The molecule has 1 saturated heterocycles. The van der Waals surface area contributed by atoms with E-state index in [-0.39, 0.29) is 11.4 Å². The van der Waals surface area contributed by atoms with Crippen LogP contribution in [0.1, 0.15) is 46.0 Å². The molecule has 15 heavy (non-hydrogen) atoms. The third-order valence-corrected chi connectivity index (χ3v) is 4.05. The molecule has 1 aliphatic carbocycles. The molecule has 3 atom stereocenters. The highest BCUT2D eigenvalue weighted by Gasteiger charge is 2.44. The van der Waals surface area contributed by atoms with Crippen LogP contribution < -0.4 is 10.6 Å². The van der Waals surface area contributed by atoms with E-state index in [0.29, 0.717) is 6.04 Å². The predicted molar refractivity (Wildman–Crippen MR) is 60.6 cm³/mol. The summed E-state index contributed by atoms with van der Waals surface area (Å²) in [7, 11) is 0. The van der Waals surface area contributed by atoms with Gasteiger partial charge >= 0.3 is 0 Å². The number of carbonyl (C=O) groups excluding carboxylic acids is 1. The zero-order valence-electron chi connectivity index (χ0n) is 9.81. The first-order valence-corrected chi connectivity index (χ1v) is 6.28. The first-order chi connectivity index (χ1) is 7.22. The van der Waals surface area contributed by atoms with Gasteiger partial charge in [0.25, 0.3) is 0 Å². The minimum atomic E-state index is -0.249. The Morgan fingerprint density at radius 2 is 2.33 bits per heavy atom. The van der Waals surface area contributed by atoms with E-state index in [0.717, 1.165) is 31.7 Å². The molecule has 0 bridgehead atoms. The van der Waals surface area contributed by atoms with Gasteiger partial charge in [-0.25, -0.2) is 0 Å². The van der Waals surface area contributed by atoms with Crippen molar-refractivity contribution >= 4 is 5.91 Å². The molecular weight excluding hydrogens is 188 g/mol. The first-order valence-electron chi connectivity index (χ1n) is 6.28. The van der Waals surface area contributed by atoms with Crippen LogP contribution in [0.2, 0.25) is 0 Å². The van der Waals surface area contributed by atoms with Crippen molar-refractivity contribution in [1.29, 1.82) is 0 Å². The monoisotopic (exact) mass is 210 g/mol. The third-order valence-electron chi connectivity index (χ3n) is 4.05. The van der Waals surface area contributed by atoms with Crippen molar-refractivity contribution in [3.05, 3.63) is 0 Å². The van der Waals surface area contributed by atoms with Crippen LogP contribution in [0.4, 0.5) is 0 Å². The third kappa shape index (κ3) is 2.03. The SMILES string of the molecule is CCC1CC1NC(=O)C1(CC)CCCN1. The highest BCUT2D eigenvalue weighted by Crippen LogP contribution is 2.34.